The summed E-state index contributed by atoms with van der Waals surface area (Å²) in [4.78, 5) is 2.24. The number of hydrogen-bond acceptors (Lipinski definition) is 3. The van der Waals surface area contributed by atoms with Crippen LogP contribution < -0.4 is 0 Å². The van der Waals surface area contributed by atoms with Gasteiger partial charge in [0.25, 0.3) is 0 Å². The maximum Gasteiger partial charge on any atom is 0.175 e. The third-order valence-corrected chi connectivity index (χ3v) is 3.09. The highest BCUT2D eigenvalue weighted by Gasteiger charge is 2.23. The predicted molar refractivity (Wildman–Crippen MR) is 59.8 cm³/mol. The van der Waals surface area contributed by atoms with Crippen LogP contribution in [0.1, 0.15) is 33.1 Å². The molecule has 1 rings (SSSR count). The van der Waals surface area contributed by atoms with Crippen LogP contribution >= 0.6 is 15.9 Å². The van der Waals surface area contributed by atoms with Crippen molar-refractivity contribution in [1.82, 2.24) is 9.91 Å². The number of hydrogen-bond donors (Lipinski definition) is 0. The van der Waals surface area contributed by atoms with Crippen molar-refractivity contribution in [2.24, 2.45) is 5.10 Å². The summed E-state index contributed by atoms with van der Waals surface area (Å²) in [5.74, 6) is 0. The lowest BCUT2D eigenvalue weighted by molar-refractivity contribution is 0.210. The zero-order chi connectivity index (χ0) is 9.68. The standard InChI is InChI=1S/C9H18BrN3/c1-3-5-7-12-8-11-13(6-4-2)9(12)10/h8-9H,3-7H2,1-2H3. The topological polar surface area (TPSA) is 18.8 Å². The number of hydrazone groups is 1. The molecule has 0 fully saturated rings. The molecule has 0 aromatic rings. The fourth-order valence-electron chi connectivity index (χ4n) is 1.31. The van der Waals surface area contributed by atoms with Gasteiger partial charge in [0, 0.05) is 13.1 Å². The van der Waals surface area contributed by atoms with Gasteiger partial charge in [0.2, 0.25) is 0 Å². The molecule has 0 aliphatic carbocycles. The molecule has 3 nitrogen and oxygen atoms in total. The third kappa shape index (κ3) is 2.86. The van der Waals surface area contributed by atoms with E-state index in [0.717, 1.165) is 19.5 Å². The van der Waals surface area contributed by atoms with Crippen molar-refractivity contribution >= 4 is 22.3 Å². The maximum atomic E-state index is 4.33. The van der Waals surface area contributed by atoms with Crippen LogP contribution in [0, 0.1) is 0 Å². The zero-order valence-corrected chi connectivity index (χ0v) is 10.00. The molecule has 1 unspecified atom stereocenters. The summed E-state index contributed by atoms with van der Waals surface area (Å²) in [5.41, 5.74) is 0. The van der Waals surface area contributed by atoms with E-state index in [1.54, 1.807) is 0 Å². The number of unbranched alkanes of at least 4 members (excludes halogenated alkanes) is 1. The van der Waals surface area contributed by atoms with Crippen LogP contribution in [0.3, 0.4) is 0 Å². The number of alkyl halides is 1. The average molecular weight is 248 g/mol. The first-order valence-electron chi connectivity index (χ1n) is 5.00. The summed E-state index contributed by atoms with van der Waals surface area (Å²) >= 11 is 3.63. The first-order chi connectivity index (χ1) is 6.29. The number of halogens is 1. The summed E-state index contributed by atoms with van der Waals surface area (Å²) < 4.78 is 0. The molecule has 1 heterocycles. The highest BCUT2D eigenvalue weighted by atomic mass is 79.9. The van der Waals surface area contributed by atoms with E-state index >= 15 is 0 Å². The van der Waals surface area contributed by atoms with E-state index in [2.05, 4.69) is 44.8 Å². The summed E-state index contributed by atoms with van der Waals surface area (Å²) in [6, 6.07) is 0. The summed E-state index contributed by atoms with van der Waals surface area (Å²) in [7, 11) is 0. The molecule has 1 aliphatic rings. The van der Waals surface area contributed by atoms with Crippen molar-refractivity contribution < 1.29 is 0 Å². The molecule has 0 N–H and O–H groups in total. The van der Waals surface area contributed by atoms with E-state index in [-0.39, 0.29) is 5.08 Å². The van der Waals surface area contributed by atoms with E-state index in [0.29, 0.717) is 0 Å². The van der Waals surface area contributed by atoms with Crippen LogP contribution in [0.15, 0.2) is 5.10 Å². The molecule has 0 aromatic carbocycles. The fourth-order valence-corrected chi connectivity index (χ4v) is 1.93. The molecule has 0 saturated heterocycles. The Morgan fingerprint density at radius 2 is 2.08 bits per heavy atom. The minimum absolute atomic E-state index is 0.277. The van der Waals surface area contributed by atoms with Crippen LogP contribution in [0.2, 0.25) is 0 Å². The molecule has 76 valence electrons. The Morgan fingerprint density at radius 1 is 1.31 bits per heavy atom. The lowest BCUT2D eigenvalue weighted by Crippen LogP contribution is -2.35. The van der Waals surface area contributed by atoms with E-state index in [4.69, 9.17) is 0 Å². The zero-order valence-electron chi connectivity index (χ0n) is 8.41. The van der Waals surface area contributed by atoms with E-state index in [9.17, 15) is 0 Å². The average Bonchev–Trinajstić information content (AvgIpc) is 2.46. The van der Waals surface area contributed by atoms with Gasteiger partial charge >= 0.3 is 0 Å². The highest BCUT2D eigenvalue weighted by Crippen LogP contribution is 2.18. The summed E-state index contributed by atoms with van der Waals surface area (Å²) in [5, 5.41) is 6.68. The van der Waals surface area contributed by atoms with Gasteiger partial charge in [-0.05, 0) is 28.8 Å². The van der Waals surface area contributed by atoms with Crippen LogP contribution in [0.25, 0.3) is 0 Å². The normalized spacial score (nSPS) is 21.6. The van der Waals surface area contributed by atoms with Gasteiger partial charge < -0.3 is 4.90 Å². The predicted octanol–water partition coefficient (Wildman–Crippen LogP) is 2.44. The van der Waals surface area contributed by atoms with Crippen molar-refractivity contribution in [2.75, 3.05) is 13.1 Å². The maximum absolute atomic E-state index is 4.33. The lowest BCUT2D eigenvalue weighted by Gasteiger charge is -2.25. The molecule has 0 amide bonds. The van der Waals surface area contributed by atoms with Crippen molar-refractivity contribution in [1.29, 1.82) is 0 Å². The van der Waals surface area contributed by atoms with E-state index in [1.807, 2.05) is 6.34 Å². The van der Waals surface area contributed by atoms with Gasteiger partial charge in [-0.3, -0.25) is 5.01 Å². The molecular formula is C9H18BrN3. The van der Waals surface area contributed by atoms with Crippen molar-refractivity contribution in [3.8, 4) is 0 Å². The van der Waals surface area contributed by atoms with Gasteiger partial charge in [0.1, 0.15) is 6.34 Å². The van der Waals surface area contributed by atoms with Crippen LogP contribution in [-0.4, -0.2) is 34.4 Å². The Morgan fingerprint density at radius 3 is 2.69 bits per heavy atom. The Hall–Kier alpha value is -0.250. The second-order valence-corrected chi connectivity index (χ2v) is 4.12. The molecule has 1 aliphatic heterocycles. The molecule has 0 spiro atoms. The molecule has 13 heavy (non-hydrogen) atoms. The van der Waals surface area contributed by atoms with Gasteiger partial charge in [0.15, 0.2) is 5.08 Å². The fraction of sp³-hybridized carbons (Fsp3) is 0.889. The largest absolute Gasteiger partial charge is 0.331 e. The number of nitrogens with zero attached hydrogens (tertiary/aromatic N) is 3. The third-order valence-electron chi connectivity index (χ3n) is 2.09. The minimum Gasteiger partial charge on any atom is -0.331 e. The van der Waals surface area contributed by atoms with Crippen LogP contribution in [0.5, 0.6) is 0 Å². The molecule has 0 aromatic heterocycles. The van der Waals surface area contributed by atoms with Gasteiger partial charge in [0.05, 0.1) is 0 Å². The molecule has 0 saturated carbocycles. The van der Waals surface area contributed by atoms with Gasteiger partial charge in [-0.2, -0.15) is 5.10 Å². The van der Waals surface area contributed by atoms with Crippen molar-refractivity contribution in [3.63, 3.8) is 0 Å². The van der Waals surface area contributed by atoms with Crippen molar-refractivity contribution in [2.45, 2.75) is 38.2 Å². The molecule has 0 radical (unpaired) electrons. The lowest BCUT2D eigenvalue weighted by atomic mass is 10.3. The second kappa shape index (κ2) is 5.47. The molecule has 0 bridgehead atoms. The SMILES string of the molecule is CCCCN1C=NN(CCC)C1Br. The molecule has 1 atom stereocenters. The van der Waals surface area contributed by atoms with Gasteiger partial charge in [-0.1, -0.05) is 20.3 Å². The second-order valence-electron chi connectivity index (χ2n) is 3.30. The van der Waals surface area contributed by atoms with Crippen LogP contribution in [-0.2, 0) is 0 Å². The monoisotopic (exact) mass is 247 g/mol. The first-order valence-corrected chi connectivity index (χ1v) is 5.91. The van der Waals surface area contributed by atoms with E-state index < -0.39 is 0 Å². The van der Waals surface area contributed by atoms with Crippen molar-refractivity contribution in [3.05, 3.63) is 0 Å². The Labute approximate surface area is 88.9 Å². The Kier molecular flexibility index (Phi) is 4.56. The van der Waals surface area contributed by atoms with Crippen LogP contribution in [0.4, 0.5) is 0 Å². The highest BCUT2D eigenvalue weighted by molar-refractivity contribution is 9.09. The Bertz CT molecular complexity index is 172. The summed E-state index contributed by atoms with van der Waals surface area (Å²) in [6.45, 7) is 6.50. The molecular weight excluding hydrogens is 230 g/mol. The quantitative estimate of drug-likeness (QED) is 0.549. The first kappa shape index (κ1) is 10.8. The summed E-state index contributed by atoms with van der Waals surface area (Å²) in [6.07, 6.45) is 5.54. The molecule has 4 heteroatoms. The van der Waals surface area contributed by atoms with Gasteiger partial charge in [-0.15, -0.1) is 0 Å². The van der Waals surface area contributed by atoms with E-state index in [1.165, 1.54) is 12.8 Å². The number of rotatable bonds is 5. The smallest absolute Gasteiger partial charge is 0.175 e. The minimum atomic E-state index is 0.277. The Balaban J connectivity index is 2.32. The van der Waals surface area contributed by atoms with Gasteiger partial charge in [-0.25, -0.2) is 0 Å².